The summed E-state index contributed by atoms with van der Waals surface area (Å²) in [5.41, 5.74) is 1.14. The molecule has 1 aromatic heterocycles. The number of aryl methyl sites for hydroxylation is 1. The first-order valence-electron chi connectivity index (χ1n) is 5.90. The SMILES string of the molecule is CCc1[nH]c(=O)c(C(=O)Nc2ccccc2)cc1Br. The average Bonchev–Trinajstić information content (AvgIpc) is 2.42. The number of anilines is 1. The fourth-order valence-corrected chi connectivity index (χ4v) is 2.30. The van der Waals surface area contributed by atoms with Crippen molar-refractivity contribution >= 4 is 27.5 Å². The molecule has 0 bridgehead atoms. The second-order valence-corrected chi connectivity index (χ2v) is 4.87. The maximum Gasteiger partial charge on any atom is 0.261 e. The Labute approximate surface area is 119 Å². The molecule has 0 aliphatic rings. The molecular weight excluding hydrogens is 308 g/mol. The van der Waals surface area contributed by atoms with Crippen LogP contribution >= 0.6 is 15.9 Å². The van der Waals surface area contributed by atoms with Crippen molar-refractivity contribution in [3.63, 3.8) is 0 Å². The van der Waals surface area contributed by atoms with E-state index >= 15 is 0 Å². The maximum atomic E-state index is 12.0. The van der Waals surface area contributed by atoms with Crippen LogP contribution in [0.2, 0.25) is 0 Å². The van der Waals surface area contributed by atoms with E-state index in [0.29, 0.717) is 12.1 Å². The predicted octanol–water partition coefficient (Wildman–Crippen LogP) is 2.95. The monoisotopic (exact) mass is 320 g/mol. The second-order valence-electron chi connectivity index (χ2n) is 4.01. The van der Waals surface area contributed by atoms with Gasteiger partial charge in [0.25, 0.3) is 11.5 Å². The fraction of sp³-hybridized carbons (Fsp3) is 0.143. The van der Waals surface area contributed by atoms with E-state index in [0.717, 1.165) is 10.2 Å². The summed E-state index contributed by atoms with van der Waals surface area (Å²) in [5.74, 6) is -0.421. The Morgan fingerprint density at radius 2 is 2.00 bits per heavy atom. The third kappa shape index (κ3) is 3.12. The molecule has 0 atom stereocenters. The molecule has 0 radical (unpaired) electrons. The molecule has 2 rings (SSSR count). The molecule has 0 saturated heterocycles. The number of H-pyrrole nitrogens is 1. The Hall–Kier alpha value is -1.88. The normalized spacial score (nSPS) is 10.2. The molecule has 0 saturated carbocycles. The van der Waals surface area contributed by atoms with Gasteiger partial charge in [-0.05, 0) is 40.5 Å². The highest BCUT2D eigenvalue weighted by atomic mass is 79.9. The number of halogens is 1. The van der Waals surface area contributed by atoms with E-state index in [1.807, 2.05) is 25.1 Å². The van der Waals surface area contributed by atoms with Crippen molar-refractivity contribution in [2.24, 2.45) is 0 Å². The number of pyridine rings is 1. The molecule has 1 amide bonds. The molecule has 0 spiro atoms. The highest BCUT2D eigenvalue weighted by molar-refractivity contribution is 9.10. The minimum absolute atomic E-state index is 0.0907. The number of nitrogens with one attached hydrogen (secondary N) is 2. The number of aromatic amines is 1. The van der Waals surface area contributed by atoms with Crippen LogP contribution in [-0.2, 0) is 6.42 Å². The van der Waals surface area contributed by atoms with Gasteiger partial charge < -0.3 is 10.3 Å². The highest BCUT2D eigenvalue weighted by Crippen LogP contribution is 2.15. The van der Waals surface area contributed by atoms with E-state index in [2.05, 4.69) is 26.2 Å². The largest absolute Gasteiger partial charge is 0.324 e. The van der Waals surface area contributed by atoms with E-state index in [-0.39, 0.29) is 11.1 Å². The van der Waals surface area contributed by atoms with Crippen LogP contribution in [-0.4, -0.2) is 10.9 Å². The molecule has 4 nitrogen and oxygen atoms in total. The van der Waals surface area contributed by atoms with Crippen LogP contribution in [0.4, 0.5) is 5.69 Å². The van der Waals surface area contributed by atoms with Crippen molar-refractivity contribution < 1.29 is 4.79 Å². The van der Waals surface area contributed by atoms with Gasteiger partial charge in [0.1, 0.15) is 5.56 Å². The van der Waals surface area contributed by atoms with Crippen molar-refractivity contribution in [1.29, 1.82) is 0 Å². The van der Waals surface area contributed by atoms with Crippen molar-refractivity contribution in [3.05, 3.63) is 62.5 Å². The molecule has 0 unspecified atom stereocenters. The maximum absolute atomic E-state index is 12.0. The molecule has 0 aliphatic heterocycles. The Morgan fingerprint density at radius 3 is 2.63 bits per heavy atom. The van der Waals surface area contributed by atoms with Gasteiger partial charge in [-0.3, -0.25) is 9.59 Å². The van der Waals surface area contributed by atoms with Crippen molar-refractivity contribution in [3.8, 4) is 0 Å². The molecular formula is C14H13BrN2O2. The number of para-hydroxylation sites is 1. The lowest BCUT2D eigenvalue weighted by Gasteiger charge is -2.06. The van der Waals surface area contributed by atoms with Crippen LogP contribution in [0.3, 0.4) is 0 Å². The smallest absolute Gasteiger partial charge is 0.261 e. The summed E-state index contributed by atoms with van der Waals surface area (Å²) in [4.78, 5) is 26.6. The number of carbonyl (C=O) groups excluding carboxylic acids is 1. The lowest BCUT2D eigenvalue weighted by molar-refractivity contribution is 0.102. The van der Waals surface area contributed by atoms with Crippen LogP contribution in [0.5, 0.6) is 0 Å². The topological polar surface area (TPSA) is 62.0 Å². The third-order valence-corrected chi connectivity index (χ3v) is 3.41. The number of hydrogen-bond donors (Lipinski definition) is 2. The first kappa shape index (κ1) is 13.5. The van der Waals surface area contributed by atoms with Crippen molar-refractivity contribution in [2.75, 3.05) is 5.32 Å². The summed E-state index contributed by atoms with van der Waals surface area (Å²) in [6, 6.07) is 10.6. The van der Waals surface area contributed by atoms with Crippen molar-refractivity contribution in [2.45, 2.75) is 13.3 Å². The molecule has 1 aromatic carbocycles. The second kappa shape index (κ2) is 5.84. The highest BCUT2D eigenvalue weighted by Gasteiger charge is 2.13. The quantitative estimate of drug-likeness (QED) is 0.913. The predicted molar refractivity (Wildman–Crippen MR) is 78.5 cm³/mol. The molecule has 19 heavy (non-hydrogen) atoms. The van der Waals surface area contributed by atoms with Crippen LogP contribution in [0.1, 0.15) is 23.0 Å². The van der Waals surface area contributed by atoms with E-state index < -0.39 is 5.91 Å². The van der Waals surface area contributed by atoms with Gasteiger partial charge in [0.2, 0.25) is 0 Å². The Kier molecular flexibility index (Phi) is 4.16. The van der Waals surface area contributed by atoms with E-state index in [1.165, 1.54) is 0 Å². The van der Waals surface area contributed by atoms with Crippen LogP contribution in [0, 0.1) is 0 Å². The van der Waals surface area contributed by atoms with E-state index in [1.54, 1.807) is 18.2 Å². The number of aromatic nitrogens is 1. The van der Waals surface area contributed by atoms with Crippen LogP contribution in [0.25, 0.3) is 0 Å². The zero-order chi connectivity index (χ0) is 13.8. The molecule has 2 N–H and O–H groups in total. The van der Waals surface area contributed by atoms with Crippen LogP contribution < -0.4 is 10.9 Å². The number of rotatable bonds is 3. The van der Waals surface area contributed by atoms with Gasteiger partial charge in [-0.1, -0.05) is 25.1 Å². The molecule has 0 aliphatic carbocycles. The van der Waals surface area contributed by atoms with Crippen molar-refractivity contribution in [1.82, 2.24) is 4.98 Å². The molecule has 2 aromatic rings. The van der Waals surface area contributed by atoms with Gasteiger partial charge in [0.05, 0.1) is 0 Å². The summed E-state index contributed by atoms with van der Waals surface area (Å²) >= 11 is 3.35. The van der Waals surface area contributed by atoms with Gasteiger partial charge in [-0.25, -0.2) is 0 Å². The Bertz CT molecular complexity index is 650. The fourth-order valence-electron chi connectivity index (χ4n) is 1.69. The molecule has 1 heterocycles. The molecule has 98 valence electrons. The van der Waals surface area contributed by atoms with Gasteiger partial charge >= 0.3 is 0 Å². The minimum atomic E-state index is -0.421. The average molecular weight is 321 g/mol. The zero-order valence-electron chi connectivity index (χ0n) is 10.4. The first-order valence-corrected chi connectivity index (χ1v) is 6.69. The Balaban J connectivity index is 2.30. The number of amides is 1. The number of benzene rings is 1. The van der Waals surface area contributed by atoms with Gasteiger partial charge in [0, 0.05) is 15.9 Å². The standard InChI is InChI=1S/C14H13BrN2O2/c1-2-12-11(15)8-10(14(19)17-12)13(18)16-9-6-4-3-5-7-9/h3-8H,2H2,1H3,(H,16,18)(H,17,19). The summed E-state index contributed by atoms with van der Waals surface area (Å²) in [7, 11) is 0. The summed E-state index contributed by atoms with van der Waals surface area (Å²) < 4.78 is 0.729. The Morgan fingerprint density at radius 1 is 1.32 bits per heavy atom. The number of hydrogen-bond acceptors (Lipinski definition) is 2. The lowest BCUT2D eigenvalue weighted by atomic mass is 10.2. The molecule has 5 heteroatoms. The lowest BCUT2D eigenvalue weighted by Crippen LogP contribution is -2.24. The number of carbonyl (C=O) groups is 1. The van der Waals surface area contributed by atoms with Gasteiger partial charge in [-0.2, -0.15) is 0 Å². The summed E-state index contributed by atoms with van der Waals surface area (Å²) in [6.07, 6.45) is 0.691. The summed E-state index contributed by atoms with van der Waals surface area (Å²) in [6.45, 7) is 1.93. The molecule has 0 fully saturated rings. The van der Waals surface area contributed by atoms with Gasteiger partial charge in [0.15, 0.2) is 0 Å². The zero-order valence-corrected chi connectivity index (χ0v) is 12.0. The van der Waals surface area contributed by atoms with Crippen LogP contribution in [0.15, 0.2) is 45.7 Å². The minimum Gasteiger partial charge on any atom is -0.324 e. The third-order valence-electron chi connectivity index (χ3n) is 2.70. The van der Waals surface area contributed by atoms with Gasteiger partial charge in [-0.15, -0.1) is 0 Å². The summed E-state index contributed by atoms with van der Waals surface area (Å²) in [5, 5.41) is 2.68. The van der Waals surface area contributed by atoms with E-state index in [9.17, 15) is 9.59 Å². The van der Waals surface area contributed by atoms with E-state index in [4.69, 9.17) is 0 Å². The first-order chi connectivity index (χ1) is 9.11.